The average molecular weight is 388 g/mol. The van der Waals surface area contributed by atoms with Crippen molar-refractivity contribution in [3.8, 4) is 0 Å². The molecule has 27 heavy (non-hydrogen) atoms. The van der Waals surface area contributed by atoms with Gasteiger partial charge in [-0.3, -0.25) is 0 Å². The summed E-state index contributed by atoms with van der Waals surface area (Å²) in [7, 11) is 4.33. The van der Waals surface area contributed by atoms with Crippen LogP contribution in [0.3, 0.4) is 0 Å². The molecule has 2 aromatic rings. The van der Waals surface area contributed by atoms with Crippen molar-refractivity contribution < 1.29 is 0 Å². The van der Waals surface area contributed by atoms with Gasteiger partial charge in [0, 0.05) is 43.4 Å². The minimum atomic E-state index is 0.0954. The standard InChI is InChI=1S/C23H37N3S/c1-16(18-12-17(13-25(18)8)21(2,3)4)10-11-22(5,6)19-14-26(9)20(24-19)23(7)15-27-23/h12-14,16H,10-11,15H2,1-9H3. The summed E-state index contributed by atoms with van der Waals surface area (Å²) >= 11 is 2.00. The predicted octanol–water partition coefficient (Wildman–Crippen LogP) is 5.88. The molecule has 0 spiro atoms. The van der Waals surface area contributed by atoms with Crippen LogP contribution in [0.25, 0.3) is 0 Å². The molecule has 0 saturated carbocycles. The van der Waals surface area contributed by atoms with Crippen molar-refractivity contribution >= 4 is 11.8 Å². The van der Waals surface area contributed by atoms with E-state index in [1.54, 1.807) is 0 Å². The number of aryl methyl sites for hydroxylation is 2. The molecular formula is C23H37N3S. The zero-order chi connectivity index (χ0) is 20.2. The largest absolute Gasteiger partial charge is 0.354 e. The minimum Gasteiger partial charge on any atom is -0.354 e. The highest BCUT2D eigenvalue weighted by Gasteiger charge is 2.45. The highest BCUT2D eigenvalue weighted by molar-refractivity contribution is 8.07. The summed E-state index contributed by atoms with van der Waals surface area (Å²) in [4.78, 5) is 5.06. The van der Waals surface area contributed by atoms with Crippen LogP contribution in [0.1, 0.15) is 90.0 Å². The van der Waals surface area contributed by atoms with Gasteiger partial charge >= 0.3 is 0 Å². The third-order valence-electron chi connectivity index (χ3n) is 6.24. The van der Waals surface area contributed by atoms with Crippen LogP contribution in [-0.4, -0.2) is 19.9 Å². The lowest BCUT2D eigenvalue weighted by Gasteiger charge is -2.24. The SMILES string of the molecule is CC(CCC(C)(C)c1cn(C)c(C2(C)CS2)n1)c1cc(C(C)(C)C)cn1C. The molecule has 1 aliphatic rings. The van der Waals surface area contributed by atoms with E-state index in [-0.39, 0.29) is 15.6 Å². The predicted molar refractivity (Wildman–Crippen MR) is 118 cm³/mol. The number of hydrogen-bond donors (Lipinski definition) is 0. The van der Waals surface area contributed by atoms with E-state index in [2.05, 4.69) is 90.2 Å². The molecule has 0 radical (unpaired) electrons. The molecular weight excluding hydrogens is 350 g/mol. The molecule has 2 atom stereocenters. The monoisotopic (exact) mass is 387 g/mol. The first-order valence-corrected chi connectivity index (χ1v) is 11.2. The Labute approximate surface area is 170 Å². The van der Waals surface area contributed by atoms with Crippen molar-refractivity contribution in [1.29, 1.82) is 0 Å². The van der Waals surface area contributed by atoms with Gasteiger partial charge in [0.1, 0.15) is 5.82 Å². The zero-order valence-corrected chi connectivity index (χ0v) is 19.5. The first-order chi connectivity index (χ1) is 12.3. The number of hydrogen-bond acceptors (Lipinski definition) is 2. The van der Waals surface area contributed by atoms with Crippen molar-refractivity contribution in [2.75, 3.05) is 5.75 Å². The van der Waals surface area contributed by atoms with Crippen molar-refractivity contribution in [2.24, 2.45) is 14.1 Å². The molecule has 150 valence electrons. The fourth-order valence-electron chi connectivity index (χ4n) is 3.86. The number of rotatable bonds is 6. The fourth-order valence-corrected chi connectivity index (χ4v) is 4.52. The highest BCUT2D eigenvalue weighted by atomic mass is 32.2. The van der Waals surface area contributed by atoms with E-state index in [0.717, 1.165) is 6.42 Å². The smallest absolute Gasteiger partial charge is 0.125 e. The Balaban J connectivity index is 1.71. The van der Waals surface area contributed by atoms with Gasteiger partial charge in [-0.2, -0.15) is 0 Å². The molecule has 1 aliphatic heterocycles. The van der Waals surface area contributed by atoms with E-state index < -0.39 is 0 Å². The van der Waals surface area contributed by atoms with Crippen LogP contribution >= 0.6 is 11.8 Å². The lowest BCUT2D eigenvalue weighted by Crippen LogP contribution is -2.19. The molecule has 0 aromatic carbocycles. The summed E-state index contributed by atoms with van der Waals surface area (Å²) in [6.45, 7) is 16.2. The average Bonchev–Trinajstić information content (AvgIpc) is 2.97. The van der Waals surface area contributed by atoms with E-state index in [1.807, 2.05) is 11.8 Å². The summed E-state index contributed by atoms with van der Waals surface area (Å²) in [6.07, 6.45) is 6.87. The first kappa shape index (κ1) is 20.6. The van der Waals surface area contributed by atoms with Gasteiger partial charge in [-0.1, -0.05) is 41.5 Å². The van der Waals surface area contributed by atoms with Gasteiger partial charge in [0.2, 0.25) is 0 Å². The van der Waals surface area contributed by atoms with Crippen LogP contribution in [-0.2, 0) is 29.7 Å². The van der Waals surface area contributed by atoms with Crippen molar-refractivity contribution in [1.82, 2.24) is 14.1 Å². The van der Waals surface area contributed by atoms with E-state index in [4.69, 9.17) is 4.98 Å². The van der Waals surface area contributed by atoms with Crippen LogP contribution in [0.5, 0.6) is 0 Å². The van der Waals surface area contributed by atoms with Gasteiger partial charge in [-0.05, 0) is 42.7 Å². The Hall–Kier alpha value is -1.16. The summed E-state index contributed by atoms with van der Waals surface area (Å²) in [5, 5.41) is 0. The topological polar surface area (TPSA) is 22.8 Å². The van der Waals surface area contributed by atoms with Crippen LogP contribution in [0.2, 0.25) is 0 Å². The maximum Gasteiger partial charge on any atom is 0.125 e. The normalized spacial score (nSPS) is 21.5. The lowest BCUT2D eigenvalue weighted by atomic mass is 9.81. The molecule has 3 heterocycles. The number of thioether (sulfide) groups is 1. The van der Waals surface area contributed by atoms with E-state index in [9.17, 15) is 0 Å². The molecule has 0 bridgehead atoms. The Bertz CT molecular complexity index is 815. The van der Waals surface area contributed by atoms with Crippen LogP contribution < -0.4 is 0 Å². The second-order valence-corrected chi connectivity index (χ2v) is 11.9. The number of imidazole rings is 1. The van der Waals surface area contributed by atoms with Gasteiger partial charge in [-0.15, -0.1) is 11.8 Å². The molecule has 4 heteroatoms. The Morgan fingerprint density at radius 1 is 1.15 bits per heavy atom. The van der Waals surface area contributed by atoms with E-state index in [1.165, 1.54) is 34.9 Å². The number of nitrogens with zero attached hydrogens (tertiary/aromatic N) is 3. The van der Waals surface area contributed by atoms with E-state index >= 15 is 0 Å². The molecule has 0 N–H and O–H groups in total. The molecule has 1 saturated heterocycles. The maximum atomic E-state index is 5.06. The summed E-state index contributed by atoms with van der Waals surface area (Å²) in [5.41, 5.74) is 4.41. The molecule has 2 unspecified atom stereocenters. The molecule has 2 aromatic heterocycles. The lowest BCUT2D eigenvalue weighted by molar-refractivity contribution is 0.424. The van der Waals surface area contributed by atoms with Crippen molar-refractivity contribution in [3.63, 3.8) is 0 Å². The second-order valence-electron chi connectivity index (χ2n) is 10.4. The highest BCUT2D eigenvalue weighted by Crippen LogP contribution is 2.52. The van der Waals surface area contributed by atoms with Gasteiger partial charge in [0.25, 0.3) is 0 Å². The molecule has 0 aliphatic carbocycles. The molecule has 3 rings (SSSR count). The van der Waals surface area contributed by atoms with Crippen LogP contribution in [0, 0.1) is 0 Å². The molecule has 3 nitrogen and oxygen atoms in total. The molecule has 1 fully saturated rings. The summed E-state index contributed by atoms with van der Waals surface area (Å²) in [6, 6.07) is 2.40. The van der Waals surface area contributed by atoms with Gasteiger partial charge in [0.15, 0.2) is 0 Å². The van der Waals surface area contributed by atoms with Crippen molar-refractivity contribution in [3.05, 3.63) is 41.2 Å². The minimum absolute atomic E-state index is 0.0954. The van der Waals surface area contributed by atoms with Crippen LogP contribution in [0.15, 0.2) is 18.5 Å². The Kier molecular flexibility index (Phi) is 5.12. The number of aromatic nitrogens is 3. The third kappa shape index (κ3) is 4.16. The first-order valence-electron chi connectivity index (χ1n) is 10.2. The summed E-state index contributed by atoms with van der Waals surface area (Å²) < 4.78 is 4.80. The van der Waals surface area contributed by atoms with Gasteiger partial charge < -0.3 is 9.13 Å². The maximum absolute atomic E-state index is 5.06. The zero-order valence-electron chi connectivity index (χ0n) is 18.7. The Morgan fingerprint density at radius 2 is 1.78 bits per heavy atom. The van der Waals surface area contributed by atoms with E-state index in [0.29, 0.717) is 5.92 Å². The quantitative estimate of drug-likeness (QED) is 0.578. The summed E-state index contributed by atoms with van der Waals surface area (Å²) in [5.74, 6) is 2.98. The Morgan fingerprint density at radius 3 is 2.30 bits per heavy atom. The van der Waals surface area contributed by atoms with Gasteiger partial charge in [0.05, 0.1) is 10.4 Å². The third-order valence-corrected chi connectivity index (χ3v) is 7.57. The second kappa shape index (κ2) is 6.72. The van der Waals surface area contributed by atoms with Crippen molar-refractivity contribution in [2.45, 2.75) is 82.8 Å². The fraction of sp³-hybridized carbons (Fsp3) is 0.696. The molecule has 0 amide bonds. The van der Waals surface area contributed by atoms with Gasteiger partial charge in [-0.25, -0.2) is 4.98 Å². The van der Waals surface area contributed by atoms with Crippen LogP contribution in [0.4, 0.5) is 0 Å².